The maximum Gasteiger partial charge on any atom is 0.0831 e. The number of hydrogen-bond donors (Lipinski definition) is 0. The van der Waals surface area contributed by atoms with Crippen molar-refractivity contribution in [3.05, 3.63) is 60.0 Å². The van der Waals surface area contributed by atoms with Crippen LogP contribution in [0.25, 0.3) is 10.9 Å². The largest absolute Gasteiger partial charge is 0.266 e. The monoisotopic (exact) mass is 223 g/mol. The molecule has 0 saturated carbocycles. The average Bonchev–Trinajstić information content (AvgIpc) is 2.75. The second kappa shape index (κ2) is 4.01. The van der Waals surface area contributed by atoms with Gasteiger partial charge in [0.25, 0.3) is 0 Å². The molecule has 0 aliphatic heterocycles. The summed E-state index contributed by atoms with van der Waals surface area (Å²) in [6, 6.07) is 14.3. The Morgan fingerprint density at radius 3 is 2.76 bits per heavy atom. The van der Waals surface area contributed by atoms with Crippen molar-refractivity contribution in [1.29, 1.82) is 0 Å². The second-order valence-corrected chi connectivity index (χ2v) is 4.15. The summed E-state index contributed by atoms with van der Waals surface area (Å²) >= 11 is 0. The van der Waals surface area contributed by atoms with Gasteiger partial charge in [-0.1, -0.05) is 24.3 Å². The van der Waals surface area contributed by atoms with Gasteiger partial charge < -0.3 is 0 Å². The highest BCUT2D eigenvalue weighted by Crippen LogP contribution is 2.12. The van der Waals surface area contributed by atoms with E-state index in [2.05, 4.69) is 28.3 Å². The van der Waals surface area contributed by atoms with Crippen molar-refractivity contribution < 1.29 is 0 Å². The molecule has 3 nitrogen and oxygen atoms in total. The van der Waals surface area contributed by atoms with Crippen LogP contribution < -0.4 is 0 Å². The molecule has 0 aliphatic rings. The number of pyridine rings is 1. The van der Waals surface area contributed by atoms with Gasteiger partial charge in [-0.15, -0.1) is 0 Å². The Hall–Kier alpha value is -2.16. The highest BCUT2D eigenvalue weighted by atomic mass is 15.3. The SMILES string of the molecule is Cc1ccn(Cc2ccc3ccccc3n2)n1. The van der Waals surface area contributed by atoms with E-state index in [1.165, 1.54) is 5.39 Å². The molecule has 2 heterocycles. The van der Waals surface area contributed by atoms with Crippen LogP contribution in [-0.2, 0) is 6.54 Å². The van der Waals surface area contributed by atoms with Crippen molar-refractivity contribution >= 4 is 10.9 Å². The zero-order valence-corrected chi connectivity index (χ0v) is 9.67. The third kappa shape index (κ3) is 2.04. The third-order valence-electron chi connectivity index (χ3n) is 2.75. The lowest BCUT2D eigenvalue weighted by Crippen LogP contribution is -2.02. The van der Waals surface area contributed by atoms with Crippen molar-refractivity contribution in [1.82, 2.24) is 14.8 Å². The zero-order valence-electron chi connectivity index (χ0n) is 9.67. The molecule has 0 unspecified atom stereocenters. The van der Waals surface area contributed by atoms with Crippen molar-refractivity contribution in [2.45, 2.75) is 13.5 Å². The van der Waals surface area contributed by atoms with E-state index in [1.54, 1.807) is 0 Å². The van der Waals surface area contributed by atoms with Gasteiger partial charge in [0.15, 0.2) is 0 Å². The first-order chi connectivity index (χ1) is 8.31. The van der Waals surface area contributed by atoms with Crippen molar-refractivity contribution in [3.8, 4) is 0 Å². The number of aryl methyl sites for hydroxylation is 1. The van der Waals surface area contributed by atoms with Crippen molar-refractivity contribution in [3.63, 3.8) is 0 Å². The summed E-state index contributed by atoms with van der Waals surface area (Å²) in [5, 5.41) is 5.54. The number of rotatable bonds is 2. The Morgan fingerprint density at radius 1 is 1.06 bits per heavy atom. The van der Waals surface area contributed by atoms with Crippen LogP contribution in [0, 0.1) is 6.92 Å². The Bertz CT molecular complexity index is 655. The number of hydrogen-bond acceptors (Lipinski definition) is 2. The van der Waals surface area contributed by atoms with Gasteiger partial charge in [-0.05, 0) is 25.1 Å². The first-order valence-electron chi connectivity index (χ1n) is 5.66. The van der Waals surface area contributed by atoms with Gasteiger partial charge in [0.1, 0.15) is 0 Å². The van der Waals surface area contributed by atoms with Gasteiger partial charge in [-0.3, -0.25) is 9.67 Å². The van der Waals surface area contributed by atoms with E-state index in [9.17, 15) is 0 Å². The van der Waals surface area contributed by atoms with Crippen LogP contribution in [0.15, 0.2) is 48.7 Å². The van der Waals surface area contributed by atoms with E-state index in [0.717, 1.165) is 23.4 Å². The molecule has 0 bridgehead atoms. The van der Waals surface area contributed by atoms with Crippen LogP contribution in [0.4, 0.5) is 0 Å². The molecular weight excluding hydrogens is 210 g/mol. The summed E-state index contributed by atoms with van der Waals surface area (Å²) in [6.07, 6.45) is 1.98. The summed E-state index contributed by atoms with van der Waals surface area (Å²) in [5.74, 6) is 0. The predicted octanol–water partition coefficient (Wildman–Crippen LogP) is 2.79. The maximum absolute atomic E-state index is 4.62. The quantitative estimate of drug-likeness (QED) is 0.668. The molecule has 0 fully saturated rings. The minimum absolute atomic E-state index is 0.721. The smallest absolute Gasteiger partial charge is 0.0831 e. The fourth-order valence-electron chi connectivity index (χ4n) is 1.91. The minimum atomic E-state index is 0.721. The molecule has 1 aromatic carbocycles. The number of fused-ring (bicyclic) bond motifs is 1. The van der Waals surface area contributed by atoms with E-state index in [0.29, 0.717) is 0 Å². The van der Waals surface area contributed by atoms with Crippen LogP contribution in [0.3, 0.4) is 0 Å². The zero-order chi connectivity index (χ0) is 11.7. The fraction of sp³-hybridized carbons (Fsp3) is 0.143. The topological polar surface area (TPSA) is 30.7 Å². The molecule has 0 aliphatic carbocycles. The summed E-state index contributed by atoms with van der Waals surface area (Å²) in [5.41, 5.74) is 3.10. The molecule has 84 valence electrons. The molecular formula is C14H13N3. The van der Waals surface area contributed by atoms with E-state index < -0.39 is 0 Å². The van der Waals surface area contributed by atoms with Gasteiger partial charge in [0.05, 0.1) is 23.4 Å². The van der Waals surface area contributed by atoms with E-state index in [1.807, 2.05) is 42.1 Å². The molecule has 3 rings (SSSR count). The van der Waals surface area contributed by atoms with E-state index >= 15 is 0 Å². The summed E-state index contributed by atoms with van der Waals surface area (Å²) in [6.45, 7) is 2.71. The van der Waals surface area contributed by atoms with E-state index in [-0.39, 0.29) is 0 Å². The average molecular weight is 223 g/mol. The Balaban J connectivity index is 1.95. The first kappa shape index (κ1) is 10.0. The lowest BCUT2D eigenvalue weighted by Gasteiger charge is -2.03. The summed E-state index contributed by atoms with van der Waals surface area (Å²) < 4.78 is 1.91. The molecule has 2 aromatic heterocycles. The second-order valence-electron chi connectivity index (χ2n) is 4.15. The van der Waals surface area contributed by atoms with E-state index in [4.69, 9.17) is 0 Å². The van der Waals surface area contributed by atoms with Gasteiger partial charge in [-0.25, -0.2) is 0 Å². The van der Waals surface area contributed by atoms with Crippen LogP contribution in [-0.4, -0.2) is 14.8 Å². The minimum Gasteiger partial charge on any atom is -0.266 e. The lowest BCUT2D eigenvalue weighted by molar-refractivity contribution is 0.668. The normalized spacial score (nSPS) is 10.9. The molecule has 3 aromatic rings. The Kier molecular flexibility index (Phi) is 2.37. The highest BCUT2D eigenvalue weighted by molar-refractivity contribution is 5.78. The number of para-hydroxylation sites is 1. The van der Waals surface area contributed by atoms with Gasteiger partial charge in [0, 0.05) is 11.6 Å². The summed E-state index contributed by atoms with van der Waals surface area (Å²) in [4.78, 5) is 4.62. The lowest BCUT2D eigenvalue weighted by atomic mass is 10.2. The molecule has 0 N–H and O–H groups in total. The van der Waals surface area contributed by atoms with Crippen molar-refractivity contribution in [2.24, 2.45) is 0 Å². The number of aromatic nitrogens is 3. The molecule has 0 radical (unpaired) electrons. The molecule has 17 heavy (non-hydrogen) atoms. The van der Waals surface area contributed by atoms with Gasteiger partial charge >= 0.3 is 0 Å². The maximum atomic E-state index is 4.62. The Morgan fingerprint density at radius 2 is 1.94 bits per heavy atom. The molecule has 0 amide bonds. The third-order valence-corrected chi connectivity index (χ3v) is 2.75. The molecule has 0 spiro atoms. The Labute approximate surface area is 99.7 Å². The summed E-state index contributed by atoms with van der Waals surface area (Å²) in [7, 11) is 0. The van der Waals surface area contributed by atoms with Crippen LogP contribution in [0.5, 0.6) is 0 Å². The van der Waals surface area contributed by atoms with Crippen LogP contribution in [0.1, 0.15) is 11.4 Å². The molecule has 3 heteroatoms. The number of benzene rings is 1. The molecule has 0 atom stereocenters. The fourth-order valence-corrected chi connectivity index (χ4v) is 1.91. The van der Waals surface area contributed by atoms with Crippen LogP contribution in [0.2, 0.25) is 0 Å². The number of nitrogens with zero attached hydrogens (tertiary/aromatic N) is 3. The first-order valence-corrected chi connectivity index (χ1v) is 5.66. The predicted molar refractivity (Wildman–Crippen MR) is 67.8 cm³/mol. The standard InChI is InChI=1S/C14H13N3/c1-11-8-9-17(16-11)10-13-7-6-12-4-2-3-5-14(12)15-13/h2-9H,10H2,1H3. The van der Waals surface area contributed by atoms with Crippen LogP contribution >= 0.6 is 0 Å². The van der Waals surface area contributed by atoms with Gasteiger partial charge in [-0.2, -0.15) is 5.10 Å². The highest BCUT2D eigenvalue weighted by Gasteiger charge is 2.00. The molecule has 0 saturated heterocycles. The van der Waals surface area contributed by atoms with Crippen molar-refractivity contribution in [2.75, 3.05) is 0 Å². The van der Waals surface area contributed by atoms with Gasteiger partial charge in [0.2, 0.25) is 0 Å².